The topological polar surface area (TPSA) is 177 Å². The van der Waals surface area contributed by atoms with Crippen LogP contribution in [0.1, 0.15) is 46.5 Å². The van der Waals surface area contributed by atoms with E-state index in [1.54, 1.807) is 6.92 Å². The van der Waals surface area contributed by atoms with Crippen LogP contribution in [0.15, 0.2) is 0 Å². The van der Waals surface area contributed by atoms with Gasteiger partial charge in [0.05, 0.1) is 6.04 Å². The normalized spacial score (nSPS) is 16.1. The number of carboxylic acids is 1. The molecule has 11 heteroatoms. The van der Waals surface area contributed by atoms with Crippen LogP contribution in [0.2, 0.25) is 0 Å². The molecule has 168 valence electrons. The number of carbonyl (C=O) groups is 4. The van der Waals surface area contributed by atoms with Crippen LogP contribution in [0.25, 0.3) is 0 Å². The van der Waals surface area contributed by atoms with Gasteiger partial charge in [0, 0.05) is 5.75 Å². The highest BCUT2D eigenvalue weighted by molar-refractivity contribution is 7.80. The second kappa shape index (κ2) is 14.2. The van der Waals surface area contributed by atoms with Gasteiger partial charge in [-0.15, -0.1) is 0 Å². The summed E-state index contributed by atoms with van der Waals surface area (Å²) in [4.78, 5) is 48.5. The number of unbranched alkanes of at least 4 members (excludes halogenated alkanes) is 1. The number of amides is 3. The van der Waals surface area contributed by atoms with Crippen LogP contribution < -0.4 is 27.4 Å². The summed E-state index contributed by atoms with van der Waals surface area (Å²) in [6, 6.07) is -3.82. The Morgan fingerprint density at radius 2 is 1.52 bits per heavy atom. The van der Waals surface area contributed by atoms with E-state index in [0.717, 1.165) is 0 Å². The first kappa shape index (κ1) is 27.1. The Kier molecular flexibility index (Phi) is 13.3. The maximum atomic E-state index is 12.7. The molecule has 0 aliphatic carbocycles. The summed E-state index contributed by atoms with van der Waals surface area (Å²) < 4.78 is 0. The quantitative estimate of drug-likeness (QED) is 0.135. The third-order valence-corrected chi connectivity index (χ3v) is 4.95. The number of nitrogens with two attached hydrogens (primary N) is 2. The lowest BCUT2D eigenvalue weighted by atomic mass is 9.99. The molecule has 0 rings (SSSR count). The smallest absolute Gasteiger partial charge is 0.326 e. The van der Waals surface area contributed by atoms with E-state index in [0.29, 0.717) is 32.2 Å². The van der Waals surface area contributed by atoms with Crippen LogP contribution in [0.5, 0.6) is 0 Å². The van der Waals surface area contributed by atoms with Gasteiger partial charge >= 0.3 is 5.97 Å². The Morgan fingerprint density at radius 1 is 0.966 bits per heavy atom. The Balaban J connectivity index is 5.16. The van der Waals surface area contributed by atoms with Crippen molar-refractivity contribution in [2.75, 3.05) is 12.3 Å². The molecule has 0 aliphatic heterocycles. The van der Waals surface area contributed by atoms with Crippen LogP contribution in [0.3, 0.4) is 0 Å². The van der Waals surface area contributed by atoms with Crippen LogP contribution in [0, 0.1) is 5.92 Å². The molecule has 0 fully saturated rings. The summed E-state index contributed by atoms with van der Waals surface area (Å²) in [5, 5.41) is 16.9. The first-order valence-corrected chi connectivity index (χ1v) is 10.4. The van der Waals surface area contributed by atoms with Crippen molar-refractivity contribution in [3.05, 3.63) is 0 Å². The molecule has 5 unspecified atom stereocenters. The second-order valence-corrected chi connectivity index (χ2v) is 7.45. The van der Waals surface area contributed by atoms with Crippen molar-refractivity contribution in [2.45, 2.75) is 70.6 Å². The van der Waals surface area contributed by atoms with E-state index in [4.69, 9.17) is 11.5 Å². The van der Waals surface area contributed by atoms with E-state index in [-0.39, 0.29) is 11.7 Å². The average molecular weight is 434 g/mol. The highest BCUT2D eigenvalue weighted by Crippen LogP contribution is 2.09. The standard InChI is InChI=1S/C18H35N5O5S/c1-4-10(2)14(18(27)28)23-17(26)13(9-29)22-16(25)12(7-5-6-8-19)21-15(24)11(3)20/h10-14,29H,4-9,19-20H2,1-3H3,(H,21,24)(H,22,25)(H,23,26)(H,27,28). The molecule has 8 N–H and O–H groups in total. The highest BCUT2D eigenvalue weighted by atomic mass is 32.1. The maximum Gasteiger partial charge on any atom is 0.326 e. The molecule has 0 aromatic carbocycles. The number of rotatable bonds is 14. The summed E-state index contributed by atoms with van der Waals surface area (Å²) in [7, 11) is 0. The molecule has 10 nitrogen and oxygen atoms in total. The molecule has 0 radical (unpaired) electrons. The fourth-order valence-corrected chi connectivity index (χ4v) is 2.73. The Labute approximate surface area is 177 Å². The Bertz CT molecular complexity index is 561. The van der Waals surface area contributed by atoms with Crippen molar-refractivity contribution in [1.82, 2.24) is 16.0 Å². The minimum Gasteiger partial charge on any atom is -0.480 e. The van der Waals surface area contributed by atoms with Crippen LogP contribution in [-0.2, 0) is 19.2 Å². The molecule has 0 heterocycles. The van der Waals surface area contributed by atoms with Gasteiger partial charge in [-0.2, -0.15) is 12.6 Å². The Morgan fingerprint density at radius 3 is 1.97 bits per heavy atom. The van der Waals surface area contributed by atoms with E-state index in [1.807, 2.05) is 6.92 Å². The maximum absolute atomic E-state index is 12.7. The number of aliphatic carboxylic acids is 1. The molecule has 0 saturated heterocycles. The van der Waals surface area contributed by atoms with Crippen LogP contribution in [-0.4, -0.2) is 65.3 Å². The molecular weight excluding hydrogens is 398 g/mol. The molecule has 0 aromatic heterocycles. The lowest BCUT2D eigenvalue weighted by Crippen LogP contribution is -2.58. The van der Waals surface area contributed by atoms with E-state index < -0.39 is 47.9 Å². The molecule has 29 heavy (non-hydrogen) atoms. The lowest BCUT2D eigenvalue weighted by Gasteiger charge is -2.25. The monoisotopic (exact) mass is 433 g/mol. The van der Waals surface area contributed by atoms with Gasteiger partial charge in [-0.3, -0.25) is 14.4 Å². The zero-order valence-corrected chi connectivity index (χ0v) is 18.2. The number of hydrogen-bond acceptors (Lipinski definition) is 7. The number of nitrogens with one attached hydrogen (secondary N) is 3. The predicted molar refractivity (Wildman–Crippen MR) is 113 cm³/mol. The van der Waals surface area contributed by atoms with Crippen LogP contribution in [0.4, 0.5) is 0 Å². The molecule has 0 spiro atoms. The van der Waals surface area contributed by atoms with Crippen molar-refractivity contribution in [2.24, 2.45) is 17.4 Å². The highest BCUT2D eigenvalue weighted by Gasteiger charge is 2.30. The first-order chi connectivity index (χ1) is 13.6. The summed E-state index contributed by atoms with van der Waals surface area (Å²) in [6.45, 7) is 5.47. The van der Waals surface area contributed by atoms with Gasteiger partial charge in [0.15, 0.2) is 0 Å². The molecule has 5 atom stereocenters. The summed E-state index contributed by atoms with van der Waals surface area (Å²) in [5.41, 5.74) is 11.0. The van der Waals surface area contributed by atoms with E-state index in [2.05, 4.69) is 28.6 Å². The van der Waals surface area contributed by atoms with Crippen molar-refractivity contribution >= 4 is 36.3 Å². The molecule has 3 amide bonds. The summed E-state index contributed by atoms with van der Waals surface area (Å²) >= 11 is 4.09. The molecule has 0 aliphatic rings. The van der Waals surface area contributed by atoms with E-state index in [1.165, 1.54) is 6.92 Å². The number of thiol groups is 1. The van der Waals surface area contributed by atoms with Crippen molar-refractivity contribution < 1.29 is 24.3 Å². The predicted octanol–water partition coefficient (Wildman–Crippen LogP) is -1.02. The molecular formula is C18H35N5O5S. The van der Waals surface area contributed by atoms with Gasteiger partial charge in [0.2, 0.25) is 17.7 Å². The fourth-order valence-electron chi connectivity index (χ4n) is 2.47. The SMILES string of the molecule is CCC(C)C(NC(=O)C(CS)NC(=O)C(CCCCN)NC(=O)C(C)N)C(=O)O. The van der Waals surface area contributed by atoms with Gasteiger partial charge in [-0.1, -0.05) is 20.3 Å². The van der Waals surface area contributed by atoms with Gasteiger partial charge in [-0.25, -0.2) is 4.79 Å². The zero-order chi connectivity index (χ0) is 22.6. The number of hydrogen-bond donors (Lipinski definition) is 7. The zero-order valence-electron chi connectivity index (χ0n) is 17.3. The van der Waals surface area contributed by atoms with Gasteiger partial charge in [-0.05, 0) is 38.6 Å². The average Bonchev–Trinajstić information content (AvgIpc) is 2.67. The minimum absolute atomic E-state index is 0.0405. The molecule has 0 saturated carbocycles. The van der Waals surface area contributed by atoms with Gasteiger partial charge in [0.25, 0.3) is 0 Å². The summed E-state index contributed by atoms with van der Waals surface area (Å²) in [5.74, 6) is -3.20. The van der Waals surface area contributed by atoms with E-state index >= 15 is 0 Å². The van der Waals surface area contributed by atoms with Crippen molar-refractivity contribution in [1.29, 1.82) is 0 Å². The Hall–Kier alpha value is -1.85. The number of carboxylic acid groups (broad SMARTS) is 1. The van der Waals surface area contributed by atoms with Crippen LogP contribution >= 0.6 is 12.6 Å². The molecule has 0 bridgehead atoms. The van der Waals surface area contributed by atoms with Crippen molar-refractivity contribution in [3.63, 3.8) is 0 Å². The minimum atomic E-state index is -1.15. The van der Waals surface area contributed by atoms with Crippen molar-refractivity contribution in [3.8, 4) is 0 Å². The fraction of sp³-hybridized carbons (Fsp3) is 0.778. The second-order valence-electron chi connectivity index (χ2n) is 7.09. The van der Waals surface area contributed by atoms with Gasteiger partial charge in [0.1, 0.15) is 18.1 Å². The largest absolute Gasteiger partial charge is 0.480 e. The molecule has 0 aromatic rings. The number of carbonyl (C=O) groups excluding carboxylic acids is 3. The lowest BCUT2D eigenvalue weighted by molar-refractivity contribution is -0.143. The van der Waals surface area contributed by atoms with Gasteiger partial charge < -0.3 is 32.5 Å². The van der Waals surface area contributed by atoms with E-state index in [9.17, 15) is 24.3 Å². The first-order valence-electron chi connectivity index (χ1n) is 9.79. The third-order valence-electron chi connectivity index (χ3n) is 4.59. The summed E-state index contributed by atoms with van der Waals surface area (Å²) in [6.07, 6.45) is 2.15. The third kappa shape index (κ3) is 9.95.